The summed E-state index contributed by atoms with van der Waals surface area (Å²) in [6.45, 7) is 1.57. The number of aliphatic hydroxyl groups is 1. The Hall–Kier alpha value is -0.120. The quantitative estimate of drug-likeness (QED) is 0.571. The highest BCUT2D eigenvalue weighted by molar-refractivity contribution is 4.91. The van der Waals surface area contributed by atoms with Crippen LogP contribution in [0, 0.1) is 5.41 Å². The fourth-order valence-electron chi connectivity index (χ4n) is 2.60. The lowest BCUT2D eigenvalue weighted by molar-refractivity contribution is -0.126. The molecule has 3 nitrogen and oxygen atoms in total. The topological polar surface area (TPSA) is 43.7 Å². The van der Waals surface area contributed by atoms with E-state index in [0.717, 1.165) is 45.2 Å². The van der Waals surface area contributed by atoms with Gasteiger partial charge in [0, 0.05) is 13.1 Å². The Bertz CT molecular complexity index is 164. The summed E-state index contributed by atoms with van der Waals surface area (Å²) in [5.41, 5.74) is 0.374. The zero-order chi connectivity index (χ0) is 8.60. The number of hydrogen-bond donors (Lipinski definition) is 2. The monoisotopic (exact) mass is 171 g/mol. The van der Waals surface area contributed by atoms with Crippen molar-refractivity contribution < 1.29 is 10.3 Å². The van der Waals surface area contributed by atoms with Gasteiger partial charge < -0.3 is 10.3 Å². The Morgan fingerprint density at radius 3 is 2.33 bits per heavy atom. The lowest BCUT2D eigenvalue weighted by Gasteiger charge is -2.36. The summed E-state index contributed by atoms with van der Waals surface area (Å²) in [7, 11) is 0. The minimum Gasteiger partial charge on any atom is -0.393 e. The van der Waals surface area contributed by atoms with Gasteiger partial charge >= 0.3 is 0 Å². The SMILES string of the molecule is OC1CCC2(CCN(O)CC2)C1. The van der Waals surface area contributed by atoms with Crippen LogP contribution in [0.2, 0.25) is 0 Å². The second kappa shape index (κ2) is 2.98. The Kier molecular flexibility index (Phi) is 2.10. The van der Waals surface area contributed by atoms with Gasteiger partial charge in [0.25, 0.3) is 0 Å². The molecular formula is C9H17NO2. The third-order valence-corrected chi connectivity index (χ3v) is 3.48. The van der Waals surface area contributed by atoms with Gasteiger partial charge in [0.15, 0.2) is 0 Å². The van der Waals surface area contributed by atoms with Crippen LogP contribution in [0.15, 0.2) is 0 Å². The molecule has 2 aliphatic rings. The summed E-state index contributed by atoms with van der Waals surface area (Å²) in [4.78, 5) is 0. The maximum absolute atomic E-state index is 9.44. The molecule has 1 spiro atoms. The van der Waals surface area contributed by atoms with Gasteiger partial charge in [0.05, 0.1) is 6.10 Å². The summed E-state index contributed by atoms with van der Waals surface area (Å²) in [5.74, 6) is 0. The third kappa shape index (κ3) is 1.49. The molecule has 2 rings (SSSR count). The van der Waals surface area contributed by atoms with Crippen molar-refractivity contribution in [3.8, 4) is 0 Å². The Balaban J connectivity index is 1.95. The second-order valence-corrected chi connectivity index (χ2v) is 4.35. The number of aliphatic hydroxyl groups excluding tert-OH is 1. The highest BCUT2D eigenvalue weighted by Gasteiger charge is 2.40. The van der Waals surface area contributed by atoms with Crippen molar-refractivity contribution >= 4 is 0 Å². The van der Waals surface area contributed by atoms with Crippen molar-refractivity contribution in [2.75, 3.05) is 13.1 Å². The Morgan fingerprint density at radius 2 is 1.83 bits per heavy atom. The normalized spacial score (nSPS) is 36.0. The molecule has 1 unspecified atom stereocenters. The van der Waals surface area contributed by atoms with Crippen LogP contribution < -0.4 is 0 Å². The van der Waals surface area contributed by atoms with E-state index in [9.17, 15) is 10.3 Å². The molecule has 1 atom stereocenters. The van der Waals surface area contributed by atoms with Crippen molar-refractivity contribution in [3.05, 3.63) is 0 Å². The summed E-state index contributed by atoms with van der Waals surface area (Å²) in [5, 5.41) is 20.0. The standard InChI is InChI=1S/C9H17NO2/c11-8-1-2-9(7-8)3-5-10(12)6-4-9/h8,11-12H,1-7H2. The first-order valence-electron chi connectivity index (χ1n) is 4.82. The Labute approximate surface area is 72.9 Å². The molecule has 0 aromatic carbocycles. The van der Waals surface area contributed by atoms with Gasteiger partial charge in [-0.1, -0.05) is 0 Å². The maximum atomic E-state index is 9.44. The smallest absolute Gasteiger partial charge is 0.0545 e. The van der Waals surface area contributed by atoms with E-state index in [1.807, 2.05) is 0 Å². The van der Waals surface area contributed by atoms with E-state index in [4.69, 9.17) is 0 Å². The molecule has 0 radical (unpaired) electrons. The minimum absolute atomic E-state index is 0.0738. The average molecular weight is 171 g/mol. The van der Waals surface area contributed by atoms with Gasteiger partial charge in [0.2, 0.25) is 0 Å². The first-order valence-corrected chi connectivity index (χ1v) is 4.82. The van der Waals surface area contributed by atoms with Crippen LogP contribution in [-0.2, 0) is 0 Å². The van der Waals surface area contributed by atoms with E-state index in [-0.39, 0.29) is 6.10 Å². The van der Waals surface area contributed by atoms with Crippen LogP contribution in [-0.4, -0.2) is 34.6 Å². The lowest BCUT2D eigenvalue weighted by atomic mass is 9.77. The molecule has 0 amide bonds. The van der Waals surface area contributed by atoms with E-state index >= 15 is 0 Å². The van der Waals surface area contributed by atoms with Crippen LogP contribution >= 0.6 is 0 Å². The first kappa shape index (κ1) is 8.48. The van der Waals surface area contributed by atoms with Crippen molar-refractivity contribution in [2.45, 2.75) is 38.2 Å². The first-order chi connectivity index (χ1) is 5.70. The van der Waals surface area contributed by atoms with E-state index in [0.29, 0.717) is 5.41 Å². The fourth-order valence-corrected chi connectivity index (χ4v) is 2.60. The van der Waals surface area contributed by atoms with Crippen LogP contribution in [0.4, 0.5) is 0 Å². The predicted octanol–water partition coefficient (Wildman–Crippen LogP) is 1.00. The third-order valence-electron chi connectivity index (χ3n) is 3.48. The molecule has 0 aromatic rings. The number of hydrogen-bond acceptors (Lipinski definition) is 3. The van der Waals surface area contributed by atoms with Crippen LogP contribution in [0.1, 0.15) is 32.1 Å². The van der Waals surface area contributed by atoms with E-state index < -0.39 is 0 Å². The predicted molar refractivity (Wildman–Crippen MR) is 44.9 cm³/mol. The summed E-state index contributed by atoms with van der Waals surface area (Å²) >= 11 is 0. The largest absolute Gasteiger partial charge is 0.393 e. The van der Waals surface area contributed by atoms with E-state index in [1.165, 1.54) is 5.06 Å². The van der Waals surface area contributed by atoms with Gasteiger partial charge in [-0.15, -0.1) is 0 Å². The average Bonchev–Trinajstić information content (AvgIpc) is 2.40. The van der Waals surface area contributed by atoms with Crippen molar-refractivity contribution in [1.82, 2.24) is 5.06 Å². The summed E-state index contributed by atoms with van der Waals surface area (Å²) < 4.78 is 0. The molecule has 2 fully saturated rings. The van der Waals surface area contributed by atoms with Crippen molar-refractivity contribution in [2.24, 2.45) is 5.41 Å². The summed E-state index contributed by atoms with van der Waals surface area (Å²) in [6, 6.07) is 0. The highest BCUT2D eigenvalue weighted by Crippen LogP contribution is 2.45. The molecule has 1 aliphatic carbocycles. The number of rotatable bonds is 0. The van der Waals surface area contributed by atoms with Crippen LogP contribution in [0.5, 0.6) is 0 Å². The summed E-state index contributed by atoms with van der Waals surface area (Å²) in [6.07, 6.45) is 5.12. The molecule has 1 aliphatic heterocycles. The molecular weight excluding hydrogens is 154 g/mol. The van der Waals surface area contributed by atoms with Crippen LogP contribution in [0.25, 0.3) is 0 Å². The Morgan fingerprint density at radius 1 is 1.17 bits per heavy atom. The van der Waals surface area contributed by atoms with Crippen LogP contribution in [0.3, 0.4) is 0 Å². The number of piperidine rings is 1. The van der Waals surface area contributed by atoms with E-state index in [2.05, 4.69) is 0 Å². The number of nitrogens with zero attached hydrogens (tertiary/aromatic N) is 1. The van der Waals surface area contributed by atoms with Gasteiger partial charge in [-0.05, 0) is 37.5 Å². The zero-order valence-electron chi connectivity index (χ0n) is 7.37. The molecule has 70 valence electrons. The molecule has 1 heterocycles. The minimum atomic E-state index is -0.0738. The van der Waals surface area contributed by atoms with Crippen molar-refractivity contribution in [1.29, 1.82) is 0 Å². The molecule has 2 N–H and O–H groups in total. The zero-order valence-corrected chi connectivity index (χ0v) is 7.37. The van der Waals surface area contributed by atoms with Gasteiger partial charge in [-0.2, -0.15) is 5.06 Å². The maximum Gasteiger partial charge on any atom is 0.0545 e. The lowest BCUT2D eigenvalue weighted by Crippen LogP contribution is -2.37. The number of hydroxylamine groups is 2. The van der Waals surface area contributed by atoms with Gasteiger partial charge in [-0.25, -0.2) is 0 Å². The molecule has 3 heteroatoms. The molecule has 12 heavy (non-hydrogen) atoms. The molecule has 0 aromatic heterocycles. The van der Waals surface area contributed by atoms with E-state index in [1.54, 1.807) is 0 Å². The highest BCUT2D eigenvalue weighted by atomic mass is 16.5. The fraction of sp³-hybridized carbons (Fsp3) is 1.00. The van der Waals surface area contributed by atoms with Crippen molar-refractivity contribution in [3.63, 3.8) is 0 Å². The van der Waals surface area contributed by atoms with Gasteiger partial charge in [-0.3, -0.25) is 0 Å². The van der Waals surface area contributed by atoms with Gasteiger partial charge in [0.1, 0.15) is 0 Å². The molecule has 1 saturated carbocycles. The second-order valence-electron chi connectivity index (χ2n) is 4.35. The molecule has 0 bridgehead atoms. The molecule has 1 saturated heterocycles.